The maximum absolute atomic E-state index is 12.2. The van der Waals surface area contributed by atoms with E-state index in [0.29, 0.717) is 19.0 Å². The van der Waals surface area contributed by atoms with Gasteiger partial charge in [0.25, 0.3) is 12.0 Å². The first-order valence-electron chi connectivity index (χ1n) is 7.37. The Hall–Kier alpha value is -3.21. The second-order valence-corrected chi connectivity index (χ2v) is 4.95. The molecule has 2 aromatic rings. The lowest BCUT2D eigenvalue weighted by Gasteiger charge is -2.27. The zero-order chi connectivity index (χ0) is 18.2. The summed E-state index contributed by atoms with van der Waals surface area (Å²) in [6.07, 6.45) is 2.84. The van der Waals surface area contributed by atoms with Crippen LogP contribution in [0.4, 0.5) is 11.5 Å². The van der Waals surface area contributed by atoms with E-state index < -0.39 is 0 Å². The smallest absolute Gasteiger partial charge is 0.296 e. The quantitative estimate of drug-likeness (QED) is 0.626. The molecule has 0 bridgehead atoms. The predicted octanol–water partition coefficient (Wildman–Crippen LogP) is -0.549. The topological polar surface area (TPSA) is 142 Å². The van der Waals surface area contributed by atoms with Crippen LogP contribution in [0.25, 0.3) is 5.82 Å². The zero-order valence-electron chi connectivity index (χ0n) is 13.5. The minimum atomic E-state index is -0.373. The summed E-state index contributed by atoms with van der Waals surface area (Å²) < 4.78 is 6.57. The molecule has 0 aromatic carbocycles. The van der Waals surface area contributed by atoms with Crippen molar-refractivity contribution in [3.8, 4) is 5.82 Å². The third-order valence-electron chi connectivity index (χ3n) is 3.28. The summed E-state index contributed by atoms with van der Waals surface area (Å²) in [7, 11) is 0. The summed E-state index contributed by atoms with van der Waals surface area (Å²) in [5, 5.41) is 12.1. The van der Waals surface area contributed by atoms with E-state index >= 15 is 0 Å². The standard InChI is InChI=1S/C13H16N6O3.CH2O2/c1-9(20)17-10-7-16-19(13(10)21)12-6-11(14-8-15-12)18-2-4-22-5-3-18;2-1-3/h6-8,16H,2-5H2,1H3,(H,17,20);1H,(H,2,3). The molecule has 1 amide bonds. The molecule has 3 rings (SSSR count). The van der Waals surface area contributed by atoms with Gasteiger partial charge in [0.05, 0.1) is 13.2 Å². The highest BCUT2D eigenvalue weighted by molar-refractivity contribution is 5.88. The van der Waals surface area contributed by atoms with Gasteiger partial charge in [-0.2, -0.15) is 4.68 Å². The minimum Gasteiger partial charge on any atom is -0.483 e. The number of hydrogen-bond donors (Lipinski definition) is 3. The number of amides is 1. The third-order valence-corrected chi connectivity index (χ3v) is 3.28. The minimum absolute atomic E-state index is 0.180. The maximum Gasteiger partial charge on any atom is 0.296 e. The van der Waals surface area contributed by atoms with Gasteiger partial charge >= 0.3 is 0 Å². The number of carboxylic acid groups (broad SMARTS) is 1. The molecular formula is C14H18N6O5. The second kappa shape index (κ2) is 8.59. The van der Waals surface area contributed by atoms with Gasteiger partial charge in [-0.1, -0.05) is 0 Å². The van der Waals surface area contributed by atoms with E-state index in [-0.39, 0.29) is 23.6 Å². The lowest BCUT2D eigenvalue weighted by atomic mass is 10.4. The number of morpholine rings is 1. The van der Waals surface area contributed by atoms with Gasteiger partial charge in [0.1, 0.15) is 17.8 Å². The summed E-state index contributed by atoms with van der Waals surface area (Å²) in [5.74, 6) is 0.842. The van der Waals surface area contributed by atoms with Crippen LogP contribution >= 0.6 is 0 Å². The maximum atomic E-state index is 12.2. The lowest BCUT2D eigenvalue weighted by molar-refractivity contribution is -0.123. The molecule has 0 saturated carbocycles. The van der Waals surface area contributed by atoms with Crippen LogP contribution in [0.15, 0.2) is 23.4 Å². The van der Waals surface area contributed by atoms with Crippen LogP contribution in [0.2, 0.25) is 0 Å². The predicted molar refractivity (Wildman–Crippen MR) is 88.0 cm³/mol. The van der Waals surface area contributed by atoms with Crippen molar-refractivity contribution in [2.75, 3.05) is 36.5 Å². The molecule has 0 radical (unpaired) electrons. The Bertz CT molecular complexity index is 780. The molecule has 134 valence electrons. The van der Waals surface area contributed by atoms with Crippen molar-refractivity contribution in [3.63, 3.8) is 0 Å². The van der Waals surface area contributed by atoms with Crippen molar-refractivity contribution >= 4 is 23.9 Å². The first kappa shape index (κ1) is 18.1. The van der Waals surface area contributed by atoms with Gasteiger partial charge in [-0.05, 0) is 0 Å². The van der Waals surface area contributed by atoms with Gasteiger partial charge in [0.15, 0.2) is 5.82 Å². The monoisotopic (exact) mass is 350 g/mol. The number of nitrogens with one attached hydrogen (secondary N) is 2. The van der Waals surface area contributed by atoms with E-state index in [4.69, 9.17) is 14.6 Å². The molecule has 0 aliphatic carbocycles. The molecule has 2 aromatic heterocycles. The number of carbonyl (C=O) groups is 2. The molecule has 0 unspecified atom stereocenters. The summed E-state index contributed by atoms with van der Waals surface area (Å²) in [6, 6.07) is 1.72. The van der Waals surface area contributed by atoms with Gasteiger partial charge in [-0.3, -0.25) is 19.5 Å². The highest BCUT2D eigenvalue weighted by atomic mass is 16.5. The molecule has 25 heavy (non-hydrogen) atoms. The normalized spacial score (nSPS) is 13.6. The highest BCUT2D eigenvalue weighted by Crippen LogP contribution is 2.14. The third kappa shape index (κ3) is 4.64. The average molecular weight is 350 g/mol. The Morgan fingerprint density at radius 3 is 2.64 bits per heavy atom. The molecule has 11 heteroatoms. The zero-order valence-corrected chi connectivity index (χ0v) is 13.5. The van der Waals surface area contributed by atoms with E-state index in [9.17, 15) is 9.59 Å². The fourth-order valence-corrected chi connectivity index (χ4v) is 2.24. The largest absolute Gasteiger partial charge is 0.483 e. The summed E-state index contributed by atoms with van der Waals surface area (Å²) in [5.41, 5.74) is -0.194. The fraction of sp³-hybridized carbons (Fsp3) is 0.357. The van der Waals surface area contributed by atoms with Crippen LogP contribution < -0.4 is 15.8 Å². The van der Waals surface area contributed by atoms with Gasteiger partial charge in [0, 0.05) is 32.3 Å². The Morgan fingerprint density at radius 2 is 2.00 bits per heavy atom. The van der Waals surface area contributed by atoms with Gasteiger partial charge in [-0.15, -0.1) is 0 Å². The Balaban J connectivity index is 0.000000701. The van der Waals surface area contributed by atoms with Crippen LogP contribution in [-0.2, 0) is 14.3 Å². The number of rotatable bonds is 3. The molecule has 1 saturated heterocycles. The first-order chi connectivity index (χ1) is 12.1. The Labute approximate surface area is 142 Å². The Kier molecular flexibility index (Phi) is 6.23. The van der Waals surface area contributed by atoms with Crippen molar-refractivity contribution in [3.05, 3.63) is 28.9 Å². The summed E-state index contributed by atoms with van der Waals surface area (Å²) in [6.45, 7) is 3.88. The number of ether oxygens (including phenoxy) is 1. The van der Waals surface area contributed by atoms with E-state index in [1.54, 1.807) is 6.07 Å². The van der Waals surface area contributed by atoms with Gasteiger partial charge in [0.2, 0.25) is 5.91 Å². The molecule has 1 aliphatic rings. The van der Waals surface area contributed by atoms with Crippen molar-refractivity contribution < 1.29 is 19.4 Å². The fourth-order valence-electron chi connectivity index (χ4n) is 2.24. The summed E-state index contributed by atoms with van der Waals surface area (Å²) >= 11 is 0. The van der Waals surface area contributed by atoms with Crippen LogP contribution in [0.5, 0.6) is 0 Å². The molecule has 0 atom stereocenters. The summed E-state index contributed by atoms with van der Waals surface area (Å²) in [4.78, 5) is 42.0. The second-order valence-electron chi connectivity index (χ2n) is 4.95. The van der Waals surface area contributed by atoms with Crippen LogP contribution in [-0.4, -0.2) is 63.5 Å². The molecule has 11 nitrogen and oxygen atoms in total. The molecule has 3 heterocycles. The highest BCUT2D eigenvalue weighted by Gasteiger charge is 2.15. The SMILES string of the molecule is CC(=O)Nc1c[nH]n(-c2cc(N3CCOCC3)ncn2)c1=O.O=CO. The molecular weight excluding hydrogens is 332 g/mol. The lowest BCUT2D eigenvalue weighted by Crippen LogP contribution is -2.37. The van der Waals surface area contributed by atoms with Crippen molar-refractivity contribution in [2.45, 2.75) is 6.92 Å². The van der Waals surface area contributed by atoms with E-state index in [2.05, 4.69) is 25.3 Å². The number of aromatic amines is 1. The van der Waals surface area contributed by atoms with Crippen molar-refractivity contribution in [1.82, 2.24) is 19.7 Å². The number of carbonyl (C=O) groups excluding carboxylic acids is 1. The van der Waals surface area contributed by atoms with Crippen LogP contribution in [0.1, 0.15) is 6.92 Å². The van der Waals surface area contributed by atoms with Gasteiger partial charge < -0.3 is 20.1 Å². The van der Waals surface area contributed by atoms with Crippen LogP contribution in [0, 0.1) is 0 Å². The Morgan fingerprint density at radius 1 is 1.36 bits per heavy atom. The van der Waals surface area contributed by atoms with Gasteiger partial charge in [-0.25, -0.2) is 9.97 Å². The van der Waals surface area contributed by atoms with E-state index in [0.717, 1.165) is 18.9 Å². The van der Waals surface area contributed by atoms with E-state index in [1.165, 1.54) is 24.1 Å². The van der Waals surface area contributed by atoms with Crippen molar-refractivity contribution in [2.24, 2.45) is 0 Å². The number of aromatic nitrogens is 4. The number of hydrogen-bond acceptors (Lipinski definition) is 7. The molecule has 1 fully saturated rings. The molecule has 3 N–H and O–H groups in total. The van der Waals surface area contributed by atoms with Crippen molar-refractivity contribution in [1.29, 1.82) is 0 Å². The average Bonchev–Trinajstić information content (AvgIpc) is 2.97. The molecule has 1 aliphatic heterocycles. The number of anilines is 2. The number of nitrogens with zero attached hydrogens (tertiary/aromatic N) is 4. The first-order valence-corrected chi connectivity index (χ1v) is 7.37. The van der Waals surface area contributed by atoms with Crippen LogP contribution in [0.3, 0.4) is 0 Å². The molecule has 0 spiro atoms. The number of H-pyrrole nitrogens is 1. The van der Waals surface area contributed by atoms with E-state index in [1.807, 2.05) is 0 Å².